The summed E-state index contributed by atoms with van der Waals surface area (Å²) in [5, 5.41) is 0. The van der Waals surface area contributed by atoms with Gasteiger partial charge >= 0.3 is 0 Å². The highest BCUT2D eigenvalue weighted by Crippen LogP contribution is 2.21. The van der Waals surface area contributed by atoms with E-state index in [1.54, 1.807) is 42.5 Å². The number of benzene rings is 2. The van der Waals surface area contributed by atoms with Crippen LogP contribution in [-0.4, -0.2) is 43.2 Å². The number of amides is 1. The number of hydrogen-bond acceptors (Lipinski definition) is 3. The molecule has 0 aliphatic carbocycles. The van der Waals surface area contributed by atoms with E-state index >= 15 is 0 Å². The average Bonchev–Trinajstić information content (AvgIpc) is 2.74. The molecule has 1 saturated heterocycles. The number of aryl methyl sites for hydroxylation is 1. The van der Waals surface area contributed by atoms with Crippen molar-refractivity contribution in [3.8, 4) is 0 Å². The van der Waals surface area contributed by atoms with E-state index in [2.05, 4.69) is 13.5 Å². The lowest BCUT2D eigenvalue weighted by Gasteiger charge is -2.31. The van der Waals surface area contributed by atoms with E-state index in [4.69, 9.17) is 0 Å². The van der Waals surface area contributed by atoms with E-state index in [1.807, 2.05) is 24.0 Å². The standard InChI is InChI=1S/C24H30N2O3S/c1-4-15-26(30(28,29)23-13-7-19(2)8-14-23)18-21-9-11-22(12-10-21)24(27)25-16-5-6-20(3)17-25/h4,7-14,20H,1,5-6,15-18H2,2-3H3/t20-/m0/s1. The second kappa shape index (κ2) is 9.58. The zero-order valence-corrected chi connectivity index (χ0v) is 18.6. The van der Waals surface area contributed by atoms with Gasteiger partial charge in [-0.25, -0.2) is 8.42 Å². The van der Waals surface area contributed by atoms with Gasteiger partial charge in [0.2, 0.25) is 10.0 Å². The van der Waals surface area contributed by atoms with Gasteiger partial charge in [-0.05, 0) is 55.5 Å². The number of piperidine rings is 1. The molecule has 0 radical (unpaired) electrons. The predicted molar refractivity (Wildman–Crippen MR) is 120 cm³/mol. The molecule has 0 aromatic heterocycles. The van der Waals surface area contributed by atoms with Crippen LogP contribution < -0.4 is 0 Å². The maximum absolute atomic E-state index is 13.1. The molecule has 1 aliphatic heterocycles. The van der Waals surface area contributed by atoms with Crippen molar-refractivity contribution in [2.45, 2.75) is 38.1 Å². The Balaban J connectivity index is 1.75. The molecule has 0 N–H and O–H groups in total. The molecule has 160 valence electrons. The molecule has 0 spiro atoms. The van der Waals surface area contributed by atoms with Crippen LogP contribution in [0.1, 0.15) is 41.3 Å². The Hall–Kier alpha value is -2.44. The van der Waals surface area contributed by atoms with Crippen LogP contribution in [-0.2, 0) is 16.6 Å². The lowest BCUT2D eigenvalue weighted by molar-refractivity contribution is 0.0683. The van der Waals surface area contributed by atoms with Crippen LogP contribution >= 0.6 is 0 Å². The Morgan fingerprint density at radius 3 is 2.43 bits per heavy atom. The molecule has 1 atom stereocenters. The monoisotopic (exact) mass is 426 g/mol. The van der Waals surface area contributed by atoms with Crippen LogP contribution in [0.5, 0.6) is 0 Å². The fourth-order valence-electron chi connectivity index (χ4n) is 3.76. The molecule has 6 heteroatoms. The minimum atomic E-state index is -3.64. The summed E-state index contributed by atoms with van der Waals surface area (Å²) in [5.41, 5.74) is 2.48. The van der Waals surface area contributed by atoms with Gasteiger partial charge in [-0.1, -0.05) is 42.8 Å². The number of nitrogens with zero attached hydrogens (tertiary/aromatic N) is 2. The predicted octanol–water partition coefficient (Wildman–Crippen LogP) is 4.24. The smallest absolute Gasteiger partial charge is 0.253 e. The number of sulfonamides is 1. The van der Waals surface area contributed by atoms with Crippen molar-refractivity contribution in [2.75, 3.05) is 19.6 Å². The molecule has 1 heterocycles. The van der Waals surface area contributed by atoms with Crippen LogP contribution in [0.15, 0.2) is 66.1 Å². The Bertz CT molecular complexity index is 982. The average molecular weight is 427 g/mol. The van der Waals surface area contributed by atoms with Crippen molar-refractivity contribution in [2.24, 2.45) is 5.92 Å². The first-order valence-electron chi connectivity index (χ1n) is 10.4. The summed E-state index contributed by atoms with van der Waals surface area (Å²) >= 11 is 0. The number of carbonyl (C=O) groups excluding carboxylic acids is 1. The van der Waals surface area contributed by atoms with Crippen molar-refractivity contribution >= 4 is 15.9 Å². The van der Waals surface area contributed by atoms with Crippen molar-refractivity contribution in [3.05, 3.63) is 77.9 Å². The summed E-state index contributed by atoms with van der Waals surface area (Å²) in [6.07, 6.45) is 3.79. The lowest BCUT2D eigenvalue weighted by atomic mass is 9.99. The Morgan fingerprint density at radius 2 is 1.83 bits per heavy atom. The SMILES string of the molecule is C=CCN(Cc1ccc(C(=O)N2CCC[C@H](C)C2)cc1)S(=O)(=O)c1ccc(C)cc1. The molecule has 0 bridgehead atoms. The first kappa shape index (κ1) is 22.2. The number of rotatable bonds is 7. The highest BCUT2D eigenvalue weighted by molar-refractivity contribution is 7.89. The van der Waals surface area contributed by atoms with Gasteiger partial charge in [0, 0.05) is 31.7 Å². The fourth-order valence-corrected chi connectivity index (χ4v) is 5.16. The summed E-state index contributed by atoms with van der Waals surface area (Å²) in [5.74, 6) is 0.574. The van der Waals surface area contributed by atoms with Gasteiger partial charge in [0.1, 0.15) is 0 Å². The van der Waals surface area contributed by atoms with Gasteiger partial charge in [-0.2, -0.15) is 4.31 Å². The normalized spacial score (nSPS) is 17.2. The van der Waals surface area contributed by atoms with E-state index in [0.29, 0.717) is 11.5 Å². The van der Waals surface area contributed by atoms with Crippen molar-refractivity contribution in [1.29, 1.82) is 0 Å². The first-order valence-corrected chi connectivity index (χ1v) is 11.8. The van der Waals surface area contributed by atoms with E-state index < -0.39 is 10.0 Å². The second-order valence-corrected chi connectivity index (χ2v) is 10.0. The quantitative estimate of drug-likeness (QED) is 0.622. The molecule has 1 fully saturated rings. The lowest BCUT2D eigenvalue weighted by Crippen LogP contribution is -2.39. The number of carbonyl (C=O) groups is 1. The van der Waals surface area contributed by atoms with Gasteiger partial charge in [0.05, 0.1) is 4.90 Å². The van der Waals surface area contributed by atoms with Gasteiger partial charge in [-0.3, -0.25) is 4.79 Å². The Labute approximate surface area is 180 Å². The van der Waals surface area contributed by atoms with Crippen LogP contribution in [0.2, 0.25) is 0 Å². The topological polar surface area (TPSA) is 57.7 Å². The molecule has 0 saturated carbocycles. The maximum atomic E-state index is 13.1. The van der Waals surface area contributed by atoms with E-state index in [0.717, 1.165) is 37.1 Å². The summed E-state index contributed by atoms with van der Waals surface area (Å²) in [4.78, 5) is 14.9. The summed E-state index contributed by atoms with van der Waals surface area (Å²) in [7, 11) is -3.64. The molecule has 3 rings (SSSR count). The zero-order chi connectivity index (χ0) is 21.7. The molecule has 2 aromatic rings. The van der Waals surface area contributed by atoms with E-state index in [9.17, 15) is 13.2 Å². The Morgan fingerprint density at radius 1 is 1.17 bits per heavy atom. The van der Waals surface area contributed by atoms with Crippen molar-refractivity contribution < 1.29 is 13.2 Å². The van der Waals surface area contributed by atoms with Crippen molar-refractivity contribution in [1.82, 2.24) is 9.21 Å². The largest absolute Gasteiger partial charge is 0.338 e. The second-order valence-electron chi connectivity index (χ2n) is 8.09. The summed E-state index contributed by atoms with van der Waals surface area (Å²) in [6.45, 7) is 9.82. The molecule has 0 unspecified atom stereocenters. The zero-order valence-electron chi connectivity index (χ0n) is 17.8. The first-order chi connectivity index (χ1) is 14.3. The highest BCUT2D eigenvalue weighted by atomic mass is 32.2. The van der Waals surface area contributed by atoms with Crippen LogP contribution in [0.3, 0.4) is 0 Å². The van der Waals surface area contributed by atoms with Gasteiger partial charge in [-0.15, -0.1) is 6.58 Å². The van der Waals surface area contributed by atoms with Gasteiger partial charge in [0.15, 0.2) is 0 Å². The van der Waals surface area contributed by atoms with Crippen LogP contribution in [0, 0.1) is 12.8 Å². The van der Waals surface area contributed by atoms with E-state index in [-0.39, 0.29) is 23.9 Å². The third-order valence-electron chi connectivity index (χ3n) is 5.50. The minimum Gasteiger partial charge on any atom is -0.338 e. The van der Waals surface area contributed by atoms with Gasteiger partial charge in [0.25, 0.3) is 5.91 Å². The third-order valence-corrected chi connectivity index (χ3v) is 7.32. The maximum Gasteiger partial charge on any atom is 0.253 e. The summed E-state index contributed by atoms with van der Waals surface area (Å²) < 4.78 is 27.5. The fraction of sp³-hybridized carbons (Fsp3) is 0.375. The van der Waals surface area contributed by atoms with E-state index in [1.165, 1.54) is 4.31 Å². The third kappa shape index (κ3) is 5.18. The molecule has 1 amide bonds. The highest BCUT2D eigenvalue weighted by Gasteiger charge is 2.24. The van der Waals surface area contributed by atoms with Crippen molar-refractivity contribution in [3.63, 3.8) is 0 Å². The molecule has 1 aliphatic rings. The molecule has 5 nitrogen and oxygen atoms in total. The number of hydrogen-bond donors (Lipinski definition) is 0. The Kier molecular flexibility index (Phi) is 7.10. The number of likely N-dealkylation sites (tertiary alicyclic amines) is 1. The van der Waals surface area contributed by atoms with Crippen LogP contribution in [0.25, 0.3) is 0 Å². The van der Waals surface area contributed by atoms with Gasteiger partial charge < -0.3 is 4.90 Å². The molecule has 30 heavy (non-hydrogen) atoms. The molecular formula is C24H30N2O3S. The minimum absolute atomic E-state index is 0.0447. The molecular weight excluding hydrogens is 396 g/mol. The molecule has 2 aromatic carbocycles. The summed E-state index contributed by atoms with van der Waals surface area (Å²) in [6, 6.07) is 14.1. The van der Waals surface area contributed by atoms with Crippen LogP contribution in [0.4, 0.5) is 0 Å².